The predicted molar refractivity (Wildman–Crippen MR) is 90.5 cm³/mol. The van der Waals surface area contributed by atoms with Gasteiger partial charge in [0.1, 0.15) is 6.10 Å². The van der Waals surface area contributed by atoms with Crippen molar-refractivity contribution in [3.8, 4) is 11.5 Å². The predicted octanol–water partition coefficient (Wildman–Crippen LogP) is 4.15. The molecule has 2 aromatic rings. The van der Waals surface area contributed by atoms with Crippen molar-refractivity contribution in [2.75, 3.05) is 14.2 Å². The molecule has 2 rings (SSSR count). The Morgan fingerprint density at radius 2 is 1.75 bits per heavy atom. The van der Waals surface area contributed by atoms with E-state index in [1.165, 1.54) is 0 Å². The molecule has 1 unspecified atom stereocenters. The summed E-state index contributed by atoms with van der Waals surface area (Å²) in [6.45, 7) is 0. The minimum absolute atomic E-state index is 0.593. The van der Waals surface area contributed by atoms with Gasteiger partial charge < -0.3 is 14.6 Å². The van der Waals surface area contributed by atoms with Crippen molar-refractivity contribution in [1.29, 1.82) is 0 Å². The van der Waals surface area contributed by atoms with E-state index in [2.05, 4.69) is 38.5 Å². The van der Waals surface area contributed by atoms with E-state index in [0.717, 1.165) is 19.2 Å². The Morgan fingerprint density at radius 3 is 2.35 bits per heavy atom. The van der Waals surface area contributed by atoms with Crippen LogP contribution < -0.4 is 9.47 Å². The van der Waals surface area contributed by atoms with Gasteiger partial charge in [0.2, 0.25) is 0 Å². The van der Waals surface area contributed by atoms with E-state index in [0.29, 0.717) is 11.5 Å². The van der Waals surface area contributed by atoms with Crippen LogP contribution in [-0.2, 0) is 0 Å². The van der Waals surface area contributed by atoms with Crippen LogP contribution in [0.5, 0.6) is 11.5 Å². The Kier molecular flexibility index (Phi) is 5.29. The minimum atomic E-state index is -0.723. The first-order valence-electron chi connectivity index (χ1n) is 5.91. The van der Waals surface area contributed by atoms with Crippen LogP contribution in [0.25, 0.3) is 0 Å². The number of methoxy groups -OCH3 is 2. The highest BCUT2D eigenvalue weighted by Gasteiger charge is 2.17. The van der Waals surface area contributed by atoms with Gasteiger partial charge in [-0.25, -0.2) is 0 Å². The lowest BCUT2D eigenvalue weighted by molar-refractivity contribution is 0.218. The van der Waals surface area contributed by atoms with Crippen LogP contribution in [0, 0.1) is 3.57 Å². The fourth-order valence-corrected chi connectivity index (χ4v) is 3.04. The summed E-state index contributed by atoms with van der Waals surface area (Å²) >= 11 is 5.69. The molecule has 0 saturated carbocycles. The molecule has 0 aliphatic heterocycles. The van der Waals surface area contributed by atoms with Crippen molar-refractivity contribution in [2.24, 2.45) is 0 Å². The zero-order chi connectivity index (χ0) is 14.7. The number of rotatable bonds is 4. The van der Waals surface area contributed by atoms with Crippen molar-refractivity contribution in [3.05, 3.63) is 55.6 Å². The standard InChI is InChI=1S/C15H14BrIO3/c1-19-13-7-11(12(16)8-14(13)20-2)15(18)9-4-3-5-10(17)6-9/h3-8,15,18H,1-2H3. The number of hydrogen-bond acceptors (Lipinski definition) is 3. The first-order valence-corrected chi connectivity index (χ1v) is 7.79. The summed E-state index contributed by atoms with van der Waals surface area (Å²) in [5.74, 6) is 1.22. The SMILES string of the molecule is COc1cc(Br)c(C(O)c2cccc(I)c2)cc1OC. The molecular weight excluding hydrogens is 435 g/mol. The van der Waals surface area contributed by atoms with Crippen molar-refractivity contribution in [2.45, 2.75) is 6.10 Å². The molecule has 1 atom stereocenters. The van der Waals surface area contributed by atoms with Crippen LogP contribution in [0.4, 0.5) is 0 Å². The summed E-state index contributed by atoms with van der Waals surface area (Å²) in [5, 5.41) is 10.6. The van der Waals surface area contributed by atoms with Gasteiger partial charge in [-0.05, 0) is 52.4 Å². The second-order valence-corrected chi connectivity index (χ2v) is 6.29. The largest absolute Gasteiger partial charge is 0.493 e. The van der Waals surface area contributed by atoms with E-state index in [4.69, 9.17) is 9.47 Å². The zero-order valence-electron chi connectivity index (χ0n) is 11.1. The van der Waals surface area contributed by atoms with E-state index < -0.39 is 6.10 Å². The number of aliphatic hydroxyl groups excluding tert-OH is 1. The first-order chi connectivity index (χ1) is 9.56. The first kappa shape index (κ1) is 15.6. The monoisotopic (exact) mass is 448 g/mol. The Balaban J connectivity index is 2.46. The summed E-state index contributed by atoms with van der Waals surface area (Å²) in [6, 6.07) is 11.3. The Bertz CT molecular complexity index is 616. The maximum absolute atomic E-state index is 10.6. The van der Waals surface area contributed by atoms with Crippen molar-refractivity contribution < 1.29 is 14.6 Å². The topological polar surface area (TPSA) is 38.7 Å². The van der Waals surface area contributed by atoms with Crippen LogP contribution in [0.2, 0.25) is 0 Å². The lowest BCUT2D eigenvalue weighted by Crippen LogP contribution is -2.02. The molecular formula is C15H14BrIO3. The Labute approximate surface area is 140 Å². The molecule has 106 valence electrons. The molecule has 20 heavy (non-hydrogen) atoms. The summed E-state index contributed by atoms with van der Waals surface area (Å²) < 4.78 is 12.4. The van der Waals surface area contributed by atoms with Gasteiger partial charge in [-0.2, -0.15) is 0 Å². The molecule has 0 bridgehead atoms. The molecule has 2 aromatic carbocycles. The summed E-state index contributed by atoms with van der Waals surface area (Å²) in [7, 11) is 3.16. The lowest BCUT2D eigenvalue weighted by Gasteiger charge is -2.17. The Hall–Kier alpha value is -0.790. The van der Waals surface area contributed by atoms with Crippen LogP contribution >= 0.6 is 38.5 Å². The van der Waals surface area contributed by atoms with Crippen LogP contribution in [0.15, 0.2) is 40.9 Å². The van der Waals surface area contributed by atoms with Crippen molar-refractivity contribution in [1.82, 2.24) is 0 Å². The maximum Gasteiger partial charge on any atom is 0.161 e. The van der Waals surface area contributed by atoms with Crippen LogP contribution in [0.3, 0.4) is 0 Å². The van der Waals surface area contributed by atoms with Gasteiger partial charge in [0.15, 0.2) is 11.5 Å². The average molecular weight is 449 g/mol. The van der Waals surface area contributed by atoms with Gasteiger partial charge in [-0.15, -0.1) is 0 Å². The summed E-state index contributed by atoms with van der Waals surface area (Å²) in [4.78, 5) is 0. The molecule has 0 aliphatic rings. The van der Waals surface area contributed by atoms with Gasteiger partial charge in [0.25, 0.3) is 0 Å². The minimum Gasteiger partial charge on any atom is -0.493 e. The van der Waals surface area contributed by atoms with Gasteiger partial charge in [-0.3, -0.25) is 0 Å². The number of hydrogen-bond donors (Lipinski definition) is 1. The smallest absolute Gasteiger partial charge is 0.161 e. The molecule has 0 aliphatic carbocycles. The zero-order valence-corrected chi connectivity index (χ0v) is 14.8. The fourth-order valence-electron chi connectivity index (χ4n) is 1.94. The summed E-state index contributed by atoms with van der Waals surface area (Å²) in [6.07, 6.45) is -0.723. The number of ether oxygens (including phenoxy) is 2. The lowest BCUT2D eigenvalue weighted by atomic mass is 10.0. The molecule has 0 fully saturated rings. The quantitative estimate of drug-likeness (QED) is 0.714. The molecule has 3 nitrogen and oxygen atoms in total. The third-order valence-corrected chi connectivity index (χ3v) is 4.32. The second kappa shape index (κ2) is 6.78. The van der Waals surface area contributed by atoms with Crippen molar-refractivity contribution >= 4 is 38.5 Å². The third kappa shape index (κ3) is 3.27. The van der Waals surface area contributed by atoms with Gasteiger partial charge in [0.05, 0.1) is 14.2 Å². The highest BCUT2D eigenvalue weighted by molar-refractivity contribution is 14.1. The van der Waals surface area contributed by atoms with Gasteiger partial charge in [-0.1, -0.05) is 28.1 Å². The molecule has 0 heterocycles. The van der Waals surface area contributed by atoms with Crippen molar-refractivity contribution in [3.63, 3.8) is 0 Å². The van der Waals surface area contributed by atoms with Gasteiger partial charge >= 0.3 is 0 Å². The highest BCUT2D eigenvalue weighted by Crippen LogP contribution is 2.38. The van der Waals surface area contributed by atoms with Crippen LogP contribution in [0.1, 0.15) is 17.2 Å². The van der Waals surface area contributed by atoms with E-state index >= 15 is 0 Å². The molecule has 0 amide bonds. The maximum atomic E-state index is 10.6. The average Bonchev–Trinajstić information content (AvgIpc) is 2.46. The summed E-state index contributed by atoms with van der Waals surface area (Å²) in [5.41, 5.74) is 1.58. The van der Waals surface area contributed by atoms with Crippen LogP contribution in [-0.4, -0.2) is 19.3 Å². The Morgan fingerprint density at radius 1 is 1.10 bits per heavy atom. The second-order valence-electron chi connectivity index (χ2n) is 4.19. The molecule has 0 radical (unpaired) electrons. The normalized spacial score (nSPS) is 12.1. The van der Waals surface area contributed by atoms with E-state index in [-0.39, 0.29) is 0 Å². The number of aliphatic hydroxyl groups is 1. The highest BCUT2D eigenvalue weighted by atomic mass is 127. The van der Waals surface area contributed by atoms with E-state index in [1.54, 1.807) is 26.4 Å². The fraction of sp³-hybridized carbons (Fsp3) is 0.200. The molecule has 0 spiro atoms. The van der Waals surface area contributed by atoms with Gasteiger partial charge in [0, 0.05) is 13.6 Å². The van der Waals surface area contributed by atoms with E-state index in [1.807, 2.05) is 24.3 Å². The van der Waals surface area contributed by atoms with E-state index in [9.17, 15) is 5.11 Å². The number of benzene rings is 2. The third-order valence-electron chi connectivity index (χ3n) is 2.96. The molecule has 0 saturated heterocycles. The molecule has 1 N–H and O–H groups in total. The molecule has 5 heteroatoms. The molecule has 0 aromatic heterocycles. The number of halogens is 2.